The number of pyridine rings is 1. The van der Waals surface area contributed by atoms with Crippen LogP contribution < -0.4 is 15.4 Å². The number of aromatic nitrogens is 1. The van der Waals surface area contributed by atoms with Gasteiger partial charge in [0.15, 0.2) is 5.96 Å². The predicted molar refractivity (Wildman–Crippen MR) is 101 cm³/mol. The second kappa shape index (κ2) is 8.10. The Bertz CT molecular complexity index is 551. The quantitative estimate of drug-likeness (QED) is 0.586. The van der Waals surface area contributed by atoms with Crippen LogP contribution in [-0.4, -0.2) is 41.6 Å². The Balaban J connectivity index is 1.41. The monoisotopic (exact) mass is 348 g/mol. The summed E-state index contributed by atoms with van der Waals surface area (Å²) in [4.78, 5) is 8.68. The van der Waals surface area contributed by atoms with E-state index in [1.165, 1.54) is 31.4 Å². The molecule has 3 rings (SSSR count). The first-order chi connectivity index (χ1) is 11.7. The molecule has 24 heavy (non-hydrogen) atoms. The number of guanidine groups is 1. The van der Waals surface area contributed by atoms with Gasteiger partial charge in [0.25, 0.3) is 0 Å². The number of hydrogen-bond acceptors (Lipinski definition) is 4. The van der Waals surface area contributed by atoms with E-state index in [0.717, 1.165) is 36.5 Å². The van der Waals surface area contributed by atoms with E-state index < -0.39 is 0 Å². The zero-order valence-electron chi connectivity index (χ0n) is 14.7. The normalized spacial score (nSPS) is 24.0. The fourth-order valence-corrected chi connectivity index (χ4v) is 3.99. The van der Waals surface area contributed by atoms with Crippen molar-refractivity contribution in [3.05, 3.63) is 23.9 Å². The first-order valence-electron chi connectivity index (χ1n) is 8.83. The average molecular weight is 349 g/mol. The van der Waals surface area contributed by atoms with Gasteiger partial charge in [-0.1, -0.05) is 6.07 Å². The molecule has 1 saturated carbocycles. The number of thioether (sulfide) groups is 1. The number of nitrogens with one attached hydrogen (secondary N) is 2. The van der Waals surface area contributed by atoms with Crippen LogP contribution in [0.3, 0.4) is 0 Å². The lowest BCUT2D eigenvalue weighted by atomic mass is 10.1. The van der Waals surface area contributed by atoms with E-state index >= 15 is 0 Å². The molecule has 1 unspecified atom stereocenters. The van der Waals surface area contributed by atoms with E-state index in [2.05, 4.69) is 45.4 Å². The van der Waals surface area contributed by atoms with Crippen LogP contribution in [0.4, 0.5) is 0 Å². The molecular weight excluding hydrogens is 320 g/mol. The molecule has 1 saturated heterocycles. The first-order valence-corrected chi connectivity index (χ1v) is 9.82. The number of hydrogen-bond donors (Lipinski definition) is 2. The average Bonchev–Trinajstić information content (AvgIpc) is 3.34. The highest BCUT2D eigenvalue weighted by molar-refractivity contribution is 8.00. The van der Waals surface area contributed by atoms with Gasteiger partial charge in [0, 0.05) is 37.1 Å². The summed E-state index contributed by atoms with van der Waals surface area (Å²) in [5.41, 5.74) is 1.12. The summed E-state index contributed by atoms with van der Waals surface area (Å²) >= 11 is 2.06. The Morgan fingerprint density at radius 2 is 2.29 bits per heavy atom. The van der Waals surface area contributed by atoms with Crippen molar-refractivity contribution in [3.8, 4) is 5.88 Å². The van der Waals surface area contributed by atoms with Gasteiger partial charge < -0.3 is 15.4 Å². The van der Waals surface area contributed by atoms with Gasteiger partial charge in [0.05, 0.1) is 6.61 Å². The van der Waals surface area contributed by atoms with Crippen LogP contribution in [-0.2, 0) is 6.54 Å². The molecule has 0 radical (unpaired) electrons. The van der Waals surface area contributed by atoms with Crippen LogP contribution in [0.5, 0.6) is 5.88 Å². The summed E-state index contributed by atoms with van der Waals surface area (Å²) in [6, 6.07) is 4.01. The van der Waals surface area contributed by atoms with Crippen molar-refractivity contribution in [3.63, 3.8) is 0 Å². The number of nitrogens with zero attached hydrogens (tertiary/aromatic N) is 2. The lowest BCUT2D eigenvalue weighted by Crippen LogP contribution is -2.43. The lowest BCUT2D eigenvalue weighted by molar-refractivity contribution is 0.288. The van der Waals surface area contributed by atoms with E-state index in [1.54, 1.807) is 0 Å². The summed E-state index contributed by atoms with van der Waals surface area (Å²) in [5, 5.41) is 6.80. The molecule has 0 bridgehead atoms. The molecule has 2 heterocycles. The minimum absolute atomic E-state index is 0.333. The van der Waals surface area contributed by atoms with E-state index in [-0.39, 0.29) is 0 Å². The molecule has 1 aromatic rings. The van der Waals surface area contributed by atoms with Crippen molar-refractivity contribution in [1.29, 1.82) is 0 Å². The van der Waals surface area contributed by atoms with Crippen LogP contribution in [0.2, 0.25) is 0 Å². The third kappa shape index (κ3) is 5.30. The molecule has 2 N–H and O–H groups in total. The summed E-state index contributed by atoms with van der Waals surface area (Å²) in [6.45, 7) is 4.79. The van der Waals surface area contributed by atoms with E-state index in [1.807, 2.05) is 19.3 Å². The molecule has 1 aromatic heterocycles. The van der Waals surface area contributed by atoms with Crippen molar-refractivity contribution >= 4 is 17.7 Å². The third-order valence-electron chi connectivity index (χ3n) is 4.58. The minimum Gasteiger partial charge on any atom is -0.477 e. The Hall–Kier alpha value is -1.43. The Morgan fingerprint density at radius 1 is 1.42 bits per heavy atom. The SMILES string of the molecule is CN=C(NCc1ccc(OCC2CC2)nc1)NCC1(C)CCCS1. The van der Waals surface area contributed by atoms with E-state index in [4.69, 9.17) is 4.74 Å². The highest BCUT2D eigenvalue weighted by Gasteiger charge is 2.29. The second-order valence-corrected chi connectivity index (χ2v) is 8.62. The van der Waals surface area contributed by atoms with Crippen LogP contribution in [0, 0.1) is 5.92 Å². The molecule has 1 aliphatic carbocycles. The fourth-order valence-electron chi connectivity index (χ4n) is 2.74. The molecule has 2 aliphatic rings. The molecule has 1 atom stereocenters. The number of aliphatic imine (C=N–C) groups is 1. The van der Waals surface area contributed by atoms with E-state index in [9.17, 15) is 0 Å². The Labute approximate surface area is 149 Å². The van der Waals surface area contributed by atoms with Crippen molar-refractivity contribution in [2.45, 2.75) is 43.9 Å². The summed E-state index contributed by atoms with van der Waals surface area (Å²) in [7, 11) is 1.81. The highest BCUT2D eigenvalue weighted by atomic mass is 32.2. The topological polar surface area (TPSA) is 58.5 Å². The highest BCUT2D eigenvalue weighted by Crippen LogP contribution is 2.36. The maximum atomic E-state index is 5.67. The van der Waals surface area contributed by atoms with Gasteiger partial charge in [0.1, 0.15) is 0 Å². The van der Waals surface area contributed by atoms with Crippen LogP contribution in [0.15, 0.2) is 23.3 Å². The lowest BCUT2D eigenvalue weighted by Gasteiger charge is -2.24. The second-order valence-electron chi connectivity index (χ2n) is 6.94. The number of ether oxygens (including phenoxy) is 1. The zero-order valence-corrected chi connectivity index (χ0v) is 15.5. The molecule has 0 amide bonds. The molecular formula is C18H28N4OS. The van der Waals surface area contributed by atoms with Crippen molar-refractivity contribution in [1.82, 2.24) is 15.6 Å². The summed E-state index contributed by atoms with van der Waals surface area (Å²) in [6.07, 6.45) is 7.05. The third-order valence-corrected chi connectivity index (χ3v) is 6.11. The molecule has 2 fully saturated rings. The van der Waals surface area contributed by atoms with Crippen molar-refractivity contribution < 1.29 is 4.74 Å². The zero-order chi connectivity index (χ0) is 16.8. The molecule has 132 valence electrons. The smallest absolute Gasteiger partial charge is 0.213 e. The molecule has 5 nitrogen and oxygen atoms in total. The fraction of sp³-hybridized carbons (Fsp3) is 0.667. The van der Waals surface area contributed by atoms with Gasteiger partial charge in [-0.25, -0.2) is 4.98 Å². The maximum Gasteiger partial charge on any atom is 0.213 e. The van der Waals surface area contributed by atoms with Crippen molar-refractivity contribution in [2.24, 2.45) is 10.9 Å². The van der Waals surface area contributed by atoms with Crippen LogP contribution >= 0.6 is 11.8 Å². The van der Waals surface area contributed by atoms with Gasteiger partial charge >= 0.3 is 0 Å². The first kappa shape index (κ1) is 17.4. The predicted octanol–water partition coefficient (Wildman–Crippen LogP) is 2.82. The maximum absolute atomic E-state index is 5.67. The Kier molecular flexibility index (Phi) is 5.87. The van der Waals surface area contributed by atoms with Gasteiger partial charge in [-0.15, -0.1) is 0 Å². The van der Waals surface area contributed by atoms with Crippen LogP contribution in [0.1, 0.15) is 38.2 Å². The van der Waals surface area contributed by atoms with Crippen LogP contribution in [0.25, 0.3) is 0 Å². The molecule has 1 aliphatic heterocycles. The Morgan fingerprint density at radius 3 is 2.92 bits per heavy atom. The van der Waals surface area contributed by atoms with Gasteiger partial charge in [0.2, 0.25) is 5.88 Å². The molecule has 0 spiro atoms. The minimum atomic E-state index is 0.333. The molecule has 6 heteroatoms. The largest absolute Gasteiger partial charge is 0.477 e. The summed E-state index contributed by atoms with van der Waals surface area (Å²) in [5.74, 6) is 3.59. The van der Waals surface area contributed by atoms with Crippen molar-refractivity contribution in [2.75, 3.05) is 26.0 Å². The van der Waals surface area contributed by atoms with Gasteiger partial charge in [-0.05, 0) is 49.8 Å². The van der Waals surface area contributed by atoms with Gasteiger partial charge in [-0.2, -0.15) is 11.8 Å². The number of rotatable bonds is 7. The van der Waals surface area contributed by atoms with E-state index in [0.29, 0.717) is 11.3 Å². The summed E-state index contributed by atoms with van der Waals surface area (Å²) < 4.78 is 6.00. The molecule has 0 aromatic carbocycles. The standard InChI is InChI=1S/C18H28N4OS/c1-18(8-3-9-24-18)13-22-17(19-2)21-11-15-6-7-16(20-10-15)23-12-14-4-5-14/h6-7,10,14H,3-5,8-9,11-13H2,1-2H3,(H2,19,21,22). The van der Waals surface area contributed by atoms with Gasteiger partial charge in [-0.3, -0.25) is 4.99 Å².